The Balaban J connectivity index is 0.000000338. The number of aromatic amines is 1. The quantitative estimate of drug-likeness (QED) is 0.701. The summed E-state index contributed by atoms with van der Waals surface area (Å²) in [5, 5.41) is -3.22. The average Bonchev–Trinajstić information content (AvgIpc) is 2.81. The van der Waals surface area contributed by atoms with E-state index in [4.69, 9.17) is 0 Å². The van der Waals surface area contributed by atoms with Gasteiger partial charge in [0.2, 0.25) is 5.78 Å². The molecule has 0 atom stereocenters. The molecule has 128 valence electrons. The topological polar surface area (TPSA) is 67.2 Å². The van der Waals surface area contributed by atoms with Crippen LogP contribution in [0.5, 0.6) is 0 Å². The molecule has 0 radical (unpaired) electrons. The fraction of sp³-hybridized carbons (Fsp3) is 0.571. The van der Waals surface area contributed by atoms with Gasteiger partial charge in [-0.15, -0.1) is 0 Å². The van der Waals surface area contributed by atoms with Gasteiger partial charge >= 0.3 is 5.20 Å². The maximum atomic E-state index is 11.5. The smallest absolute Gasteiger partial charge is 0.292 e. The standard InChI is InChI=1S/C14H19N3O.Cl3OP/c1-10-9-17-12(7-11-5-3-2-4-6-11)8-15-14(17)16-13(10)18;1-5(2,3)4/h8-9,11H,2-7H2,1H3,(H,15,16,18);. The van der Waals surface area contributed by atoms with Gasteiger partial charge in [-0.3, -0.25) is 18.7 Å². The highest BCUT2D eigenvalue weighted by Gasteiger charge is 2.16. The average molecular weight is 399 g/mol. The summed E-state index contributed by atoms with van der Waals surface area (Å²) in [6.45, 7) is 1.84. The molecule has 1 saturated carbocycles. The first-order valence-corrected chi connectivity index (χ1v) is 11.9. The Morgan fingerprint density at radius 1 is 1.30 bits per heavy atom. The van der Waals surface area contributed by atoms with Gasteiger partial charge in [0.15, 0.2) is 0 Å². The number of imidazole rings is 1. The van der Waals surface area contributed by atoms with E-state index >= 15 is 0 Å². The Labute approximate surface area is 149 Å². The fourth-order valence-electron chi connectivity index (χ4n) is 2.92. The monoisotopic (exact) mass is 397 g/mol. The van der Waals surface area contributed by atoms with Crippen molar-refractivity contribution in [3.63, 3.8) is 0 Å². The largest absolute Gasteiger partial charge is 0.339 e. The maximum Gasteiger partial charge on any atom is 0.339 e. The lowest BCUT2D eigenvalue weighted by Crippen LogP contribution is -2.14. The maximum absolute atomic E-state index is 11.5. The van der Waals surface area contributed by atoms with Crippen molar-refractivity contribution < 1.29 is 4.57 Å². The highest BCUT2D eigenvalue weighted by Crippen LogP contribution is 2.61. The molecule has 0 amide bonds. The van der Waals surface area contributed by atoms with E-state index in [1.807, 2.05) is 23.7 Å². The Morgan fingerprint density at radius 2 is 1.91 bits per heavy atom. The summed E-state index contributed by atoms with van der Waals surface area (Å²) in [7, 11) is 0. The van der Waals surface area contributed by atoms with E-state index in [2.05, 4.69) is 43.7 Å². The zero-order valence-electron chi connectivity index (χ0n) is 12.8. The lowest BCUT2D eigenvalue weighted by Gasteiger charge is -2.21. The zero-order chi connectivity index (χ0) is 17.0. The van der Waals surface area contributed by atoms with Crippen molar-refractivity contribution in [3.8, 4) is 0 Å². The molecule has 0 aromatic carbocycles. The molecular weight excluding hydrogens is 380 g/mol. The van der Waals surface area contributed by atoms with E-state index < -0.39 is 5.20 Å². The van der Waals surface area contributed by atoms with E-state index in [1.54, 1.807) is 0 Å². The molecule has 1 aliphatic rings. The van der Waals surface area contributed by atoms with E-state index in [9.17, 15) is 9.36 Å². The first kappa shape index (κ1) is 18.9. The summed E-state index contributed by atoms with van der Waals surface area (Å²) >= 11 is 13.8. The summed E-state index contributed by atoms with van der Waals surface area (Å²) < 4.78 is 11.5. The highest BCUT2D eigenvalue weighted by molar-refractivity contribution is 8.24. The van der Waals surface area contributed by atoms with E-state index in [-0.39, 0.29) is 5.56 Å². The number of hydrogen-bond acceptors (Lipinski definition) is 3. The number of aromatic nitrogens is 3. The second-order valence-corrected chi connectivity index (χ2v) is 12.5. The lowest BCUT2D eigenvalue weighted by molar-refractivity contribution is 0.353. The molecule has 0 unspecified atom stereocenters. The minimum Gasteiger partial charge on any atom is -0.292 e. The first-order valence-electron chi connectivity index (χ1n) is 7.49. The van der Waals surface area contributed by atoms with Gasteiger partial charge in [-0.2, -0.15) is 0 Å². The third-order valence-electron chi connectivity index (χ3n) is 4.00. The molecule has 1 N–H and O–H groups in total. The van der Waals surface area contributed by atoms with Gasteiger partial charge in [-0.25, -0.2) is 4.98 Å². The molecule has 0 aliphatic heterocycles. The molecule has 2 aromatic heterocycles. The predicted octanol–water partition coefficient (Wildman–Crippen LogP) is 5.26. The van der Waals surface area contributed by atoms with Crippen molar-refractivity contribution in [1.29, 1.82) is 0 Å². The summed E-state index contributed by atoms with van der Waals surface area (Å²) in [5.74, 6) is 1.45. The summed E-state index contributed by atoms with van der Waals surface area (Å²) in [6.07, 6.45) is 11.6. The molecule has 3 rings (SSSR count). The number of rotatable bonds is 2. The minimum atomic E-state index is -3.22. The van der Waals surface area contributed by atoms with Crippen molar-refractivity contribution in [2.75, 3.05) is 0 Å². The molecule has 23 heavy (non-hydrogen) atoms. The first-order chi connectivity index (χ1) is 10.7. The molecule has 1 fully saturated rings. The Hall–Kier alpha value is -0.480. The molecule has 0 spiro atoms. The summed E-state index contributed by atoms with van der Waals surface area (Å²) in [5.41, 5.74) is 1.92. The molecule has 0 saturated heterocycles. The van der Waals surface area contributed by atoms with Crippen molar-refractivity contribution >= 4 is 44.7 Å². The number of H-pyrrole nitrogens is 1. The van der Waals surface area contributed by atoms with Crippen LogP contribution in [0.2, 0.25) is 0 Å². The number of nitrogens with one attached hydrogen (secondary N) is 1. The Kier molecular flexibility index (Phi) is 6.61. The Morgan fingerprint density at radius 3 is 2.52 bits per heavy atom. The van der Waals surface area contributed by atoms with Gasteiger partial charge in [-0.1, -0.05) is 32.1 Å². The van der Waals surface area contributed by atoms with Crippen LogP contribution in [0.1, 0.15) is 43.4 Å². The molecular formula is C14H19Cl3N3O2P. The summed E-state index contributed by atoms with van der Waals surface area (Å²) in [4.78, 5) is 18.6. The van der Waals surface area contributed by atoms with E-state index in [0.717, 1.165) is 17.9 Å². The van der Waals surface area contributed by atoms with Gasteiger partial charge in [0.25, 0.3) is 5.56 Å². The highest BCUT2D eigenvalue weighted by atomic mass is 36.0. The van der Waals surface area contributed by atoms with Gasteiger partial charge in [0.05, 0.1) is 6.20 Å². The van der Waals surface area contributed by atoms with E-state index in [0.29, 0.717) is 5.78 Å². The number of fused-ring (bicyclic) bond motifs is 1. The van der Waals surface area contributed by atoms with Crippen LogP contribution in [-0.4, -0.2) is 14.4 Å². The van der Waals surface area contributed by atoms with Crippen molar-refractivity contribution in [2.24, 2.45) is 5.92 Å². The van der Waals surface area contributed by atoms with Gasteiger partial charge < -0.3 is 0 Å². The number of hydrogen-bond donors (Lipinski definition) is 1. The molecule has 9 heteroatoms. The second kappa shape index (κ2) is 8.06. The lowest BCUT2D eigenvalue weighted by atomic mass is 9.86. The van der Waals surface area contributed by atoms with Crippen molar-refractivity contribution in [3.05, 3.63) is 34.0 Å². The van der Waals surface area contributed by atoms with Gasteiger partial charge in [-0.05, 0) is 53.0 Å². The molecule has 2 heterocycles. The zero-order valence-corrected chi connectivity index (χ0v) is 15.9. The normalized spacial score (nSPS) is 16.2. The van der Waals surface area contributed by atoms with Crippen LogP contribution in [0.4, 0.5) is 0 Å². The van der Waals surface area contributed by atoms with Crippen LogP contribution >= 0.6 is 38.9 Å². The van der Waals surface area contributed by atoms with E-state index in [1.165, 1.54) is 37.8 Å². The summed E-state index contributed by atoms with van der Waals surface area (Å²) in [6, 6.07) is 0. The number of halogens is 3. The molecule has 2 aromatic rings. The molecule has 1 aliphatic carbocycles. The van der Waals surface area contributed by atoms with Crippen molar-refractivity contribution in [1.82, 2.24) is 14.4 Å². The van der Waals surface area contributed by atoms with Crippen LogP contribution < -0.4 is 5.56 Å². The van der Waals surface area contributed by atoms with Gasteiger partial charge in [0.1, 0.15) is 0 Å². The minimum absolute atomic E-state index is 0.0442. The number of aryl methyl sites for hydroxylation is 1. The second-order valence-electron chi connectivity index (χ2n) is 5.82. The van der Waals surface area contributed by atoms with Crippen LogP contribution in [0, 0.1) is 12.8 Å². The third-order valence-corrected chi connectivity index (χ3v) is 4.00. The SMILES string of the molecule is Cc1cn2c(CC3CCCCC3)cnc2[nH]c1=O.O=P(Cl)(Cl)Cl. The number of nitrogens with zero attached hydrogens (tertiary/aromatic N) is 2. The third kappa shape index (κ3) is 6.15. The predicted molar refractivity (Wildman–Crippen MR) is 96.0 cm³/mol. The fourth-order valence-corrected chi connectivity index (χ4v) is 2.92. The van der Waals surface area contributed by atoms with Crippen LogP contribution in [0.3, 0.4) is 0 Å². The van der Waals surface area contributed by atoms with Crippen LogP contribution in [-0.2, 0) is 11.0 Å². The Bertz CT molecular complexity index is 754. The van der Waals surface area contributed by atoms with Crippen LogP contribution in [0.25, 0.3) is 5.78 Å². The van der Waals surface area contributed by atoms with Gasteiger partial charge in [0, 0.05) is 17.5 Å². The molecule has 0 bridgehead atoms. The molecule has 5 nitrogen and oxygen atoms in total. The van der Waals surface area contributed by atoms with Crippen LogP contribution in [0.15, 0.2) is 17.2 Å². The van der Waals surface area contributed by atoms with Crippen molar-refractivity contribution in [2.45, 2.75) is 45.4 Å².